The summed E-state index contributed by atoms with van der Waals surface area (Å²) in [5.41, 5.74) is 0.0145. The molecule has 3 heteroatoms. The Labute approximate surface area is 125 Å². The van der Waals surface area contributed by atoms with Gasteiger partial charge in [-0.05, 0) is 31.4 Å². The third kappa shape index (κ3) is 2.44. The Balaban J connectivity index is 2.01. The normalized spacial score (nSPS) is 28.1. The van der Waals surface area contributed by atoms with Gasteiger partial charge in [0.15, 0.2) is 5.54 Å². The Bertz CT molecular complexity index is 603. The average molecular weight is 281 g/mol. The van der Waals surface area contributed by atoms with E-state index in [1.54, 1.807) is 6.08 Å². The summed E-state index contributed by atoms with van der Waals surface area (Å²) in [6.45, 7) is 3.80. The highest BCUT2D eigenvalue weighted by Crippen LogP contribution is 2.39. The maximum Gasteiger partial charge on any atom is 0.341 e. The van der Waals surface area contributed by atoms with E-state index in [0.717, 1.165) is 24.8 Å². The number of allylic oxidation sites excluding steroid dienone is 1. The number of cyclic esters (lactones) is 1. The van der Waals surface area contributed by atoms with Crippen LogP contribution in [0, 0.1) is 5.92 Å². The molecule has 1 aliphatic heterocycles. The molecule has 0 amide bonds. The highest BCUT2D eigenvalue weighted by Gasteiger charge is 2.50. The number of carbonyl (C=O) groups is 1. The molecule has 0 aromatic heterocycles. The number of ether oxygens (including phenoxy) is 1. The summed E-state index contributed by atoms with van der Waals surface area (Å²) in [6.07, 6.45) is 9.66. The first-order valence-corrected chi connectivity index (χ1v) is 7.41. The van der Waals surface area contributed by atoms with Gasteiger partial charge in [-0.3, -0.25) is 0 Å². The monoisotopic (exact) mass is 281 g/mol. The molecular weight excluding hydrogens is 262 g/mol. The third-order valence-corrected chi connectivity index (χ3v) is 4.19. The van der Waals surface area contributed by atoms with Crippen LogP contribution >= 0.6 is 0 Å². The third-order valence-electron chi connectivity index (χ3n) is 4.19. The van der Waals surface area contributed by atoms with E-state index in [9.17, 15) is 4.79 Å². The lowest BCUT2D eigenvalue weighted by Crippen LogP contribution is -2.41. The number of carbonyl (C=O) groups excluding carboxylic acids is 1. The molecule has 0 bridgehead atoms. The summed E-state index contributed by atoms with van der Waals surface area (Å²) in [7, 11) is 0. The van der Waals surface area contributed by atoms with Gasteiger partial charge in [-0.15, -0.1) is 6.58 Å². The number of aliphatic imine (C=N–C) groups is 1. The molecule has 0 radical (unpaired) electrons. The van der Waals surface area contributed by atoms with E-state index < -0.39 is 5.54 Å². The Morgan fingerprint density at radius 1 is 1.38 bits per heavy atom. The van der Waals surface area contributed by atoms with Crippen LogP contribution in [0.4, 0.5) is 0 Å². The lowest BCUT2D eigenvalue weighted by Gasteiger charge is -2.30. The molecule has 0 spiro atoms. The van der Waals surface area contributed by atoms with Crippen LogP contribution in [0.2, 0.25) is 0 Å². The molecule has 3 rings (SSSR count). The number of nitrogens with zero attached hydrogens (tertiary/aromatic N) is 1. The number of rotatable bonds is 4. The maximum atomic E-state index is 12.6. The van der Waals surface area contributed by atoms with E-state index in [4.69, 9.17) is 9.73 Å². The van der Waals surface area contributed by atoms with Crippen molar-refractivity contribution in [2.45, 2.75) is 31.2 Å². The minimum absolute atomic E-state index is 0.0953. The van der Waals surface area contributed by atoms with Crippen LogP contribution in [0.15, 0.2) is 60.1 Å². The zero-order valence-electron chi connectivity index (χ0n) is 12.0. The lowest BCUT2D eigenvalue weighted by molar-refractivity contribution is -0.140. The SMILES string of the molecule is C=CCC1(C2C=CCCC2)N=C(c2ccccc2)OC1=O. The van der Waals surface area contributed by atoms with Gasteiger partial charge >= 0.3 is 5.97 Å². The highest BCUT2D eigenvalue weighted by atomic mass is 16.6. The van der Waals surface area contributed by atoms with Gasteiger partial charge in [0.25, 0.3) is 0 Å². The first kappa shape index (κ1) is 13.8. The molecule has 21 heavy (non-hydrogen) atoms. The molecule has 1 aromatic rings. The molecule has 0 saturated heterocycles. The van der Waals surface area contributed by atoms with E-state index in [-0.39, 0.29) is 11.9 Å². The van der Waals surface area contributed by atoms with Crippen molar-refractivity contribution in [2.24, 2.45) is 10.9 Å². The molecule has 0 saturated carbocycles. The number of hydrogen-bond donors (Lipinski definition) is 0. The Morgan fingerprint density at radius 2 is 2.19 bits per heavy atom. The largest absolute Gasteiger partial charge is 0.405 e. The summed E-state index contributed by atoms with van der Waals surface area (Å²) in [5.74, 6) is 0.275. The van der Waals surface area contributed by atoms with Crippen LogP contribution in [0.3, 0.4) is 0 Å². The standard InChI is InChI=1S/C18H19NO2/c1-2-13-18(15-11-7-4-8-12-15)17(20)21-16(19-18)14-9-5-3-6-10-14/h2-3,5-7,9-11,15H,1,4,8,12-13H2. The summed E-state index contributed by atoms with van der Waals surface area (Å²) in [5, 5.41) is 0. The fourth-order valence-electron chi connectivity index (χ4n) is 3.08. The van der Waals surface area contributed by atoms with Crippen molar-refractivity contribution >= 4 is 11.9 Å². The first-order chi connectivity index (χ1) is 10.3. The lowest BCUT2D eigenvalue weighted by atomic mass is 9.76. The maximum absolute atomic E-state index is 12.6. The minimum Gasteiger partial charge on any atom is -0.405 e. The second-order valence-corrected chi connectivity index (χ2v) is 5.56. The highest BCUT2D eigenvalue weighted by molar-refractivity contribution is 6.08. The van der Waals surface area contributed by atoms with Crippen molar-refractivity contribution in [3.8, 4) is 0 Å². The van der Waals surface area contributed by atoms with Gasteiger partial charge in [-0.25, -0.2) is 9.79 Å². The summed E-state index contributed by atoms with van der Waals surface area (Å²) in [6, 6.07) is 9.58. The smallest absolute Gasteiger partial charge is 0.341 e. The van der Waals surface area contributed by atoms with Crippen LogP contribution < -0.4 is 0 Å². The van der Waals surface area contributed by atoms with Gasteiger partial charge in [-0.2, -0.15) is 0 Å². The van der Waals surface area contributed by atoms with Crippen molar-refractivity contribution in [3.63, 3.8) is 0 Å². The van der Waals surface area contributed by atoms with Gasteiger partial charge < -0.3 is 4.74 Å². The number of esters is 1. The molecule has 2 unspecified atom stereocenters. The molecular formula is C18H19NO2. The topological polar surface area (TPSA) is 38.7 Å². The van der Waals surface area contributed by atoms with Gasteiger partial charge in [0.2, 0.25) is 5.90 Å². The molecule has 3 nitrogen and oxygen atoms in total. The molecule has 0 fully saturated rings. The van der Waals surface area contributed by atoms with Crippen LogP contribution in [0.25, 0.3) is 0 Å². The van der Waals surface area contributed by atoms with Crippen molar-refractivity contribution in [1.29, 1.82) is 0 Å². The van der Waals surface area contributed by atoms with Gasteiger partial charge in [0, 0.05) is 17.9 Å². The molecule has 108 valence electrons. The predicted octanol–water partition coefficient (Wildman–Crippen LogP) is 3.66. The van der Waals surface area contributed by atoms with E-state index in [1.807, 2.05) is 30.3 Å². The Kier molecular flexibility index (Phi) is 3.74. The molecule has 1 aromatic carbocycles. The average Bonchev–Trinajstić information content (AvgIpc) is 2.88. The van der Waals surface area contributed by atoms with Crippen molar-refractivity contribution in [3.05, 3.63) is 60.7 Å². The van der Waals surface area contributed by atoms with E-state index >= 15 is 0 Å². The van der Waals surface area contributed by atoms with Gasteiger partial charge in [-0.1, -0.05) is 36.4 Å². The van der Waals surface area contributed by atoms with Crippen molar-refractivity contribution in [2.75, 3.05) is 0 Å². The number of hydrogen-bond acceptors (Lipinski definition) is 3. The number of benzene rings is 1. The summed E-state index contributed by atoms with van der Waals surface area (Å²) >= 11 is 0. The zero-order chi connectivity index (χ0) is 14.7. The zero-order valence-corrected chi connectivity index (χ0v) is 12.0. The molecule has 1 aliphatic carbocycles. The van der Waals surface area contributed by atoms with E-state index in [0.29, 0.717) is 12.3 Å². The Morgan fingerprint density at radius 3 is 2.86 bits per heavy atom. The second kappa shape index (κ2) is 5.68. The molecule has 2 aliphatic rings. The summed E-state index contributed by atoms with van der Waals surface area (Å²) in [4.78, 5) is 17.3. The van der Waals surface area contributed by atoms with Crippen LogP contribution in [-0.4, -0.2) is 17.4 Å². The fourth-order valence-corrected chi connectivity index (χ4v) is 3.08. The fraction of sp³-hybridized carbons (Fsp3) is 0.333. The van der Waals surface area contributed by atoms with E-state index in [2.05, 4.69) is 18.7 Å². The van der Waals surface area contributed by atoms with Crippen LogP contribution in [0.1, 0.15) is 31.2 Å². The predicted molar refractivity (Wildman–Crippen MR) is 83.1 cm³/mol. The Hall–Kier alpha value is -2.16. The molecule has 0 N–H and O–H groups in total. The molecule has 1 heterocycles. The van der Waals surface area contributed by atoms with Gasteiger partial charge in [0.05, 0.1) is 0 Å². The first-order valence-electron chi connectivity index (χ1n) is 7.41. The van der Waals surface area contributed by atoms with E-state index in [1.165, 1.54) is 0 Å². The summed E-state index contributed by atoms with van der Waals surface area (Å²) < 4.78 is 5.50. The van der Waals surface area contributed by atoms with Crippen LogP contribution in [0.5, 0.6) is 0 Å². The van der Waals surface area contributed by atoms with Crippen molar-refractivity contribution < 1.29 is 9.53 Å². The quantitative estimate of drug-likeness (QED) is 0.624. The molecule has 2 atom stereocenters. The van der Waals surface area contributed by atoms with Gasteiger partial charge in [0.1, 0.15) is 0 Å². The minimum atomic E-state index is -0.830. The van der Waals surface area contributed by atoms with Crippen molar-refractivity contribution in [1.82, 2.24) is 0 Å². The second-order valence-electron chi connectivity index (χ2n) is 5.56. The van der Waals surface area contributed by atoms with Crippen LogP contribution in [-0.2, 0) is 9.53 Å².